The lowest BCUT2D eigenvalue weighted by Gasteiger charge is -2.18. The molecule has 0 heterocycles. The van der Waals surface area contributed by atoms with Gasteiger partial charge in [0.2, 0.25) is 0 Å². The van der Waals surface area contributed by atoms with Gasteiger partial charge in [-0.05, 0) is 0 Å². The topological polar surface area (TPSA) is 29.3 Å². The molecule has 0 aliphatic carbocycles. The van der Waals surface area contributed by atoms with Crippen molar-refractivity contribution >= 4 is 31.9 Å². The van der Waals surface area contributed by atoms with Crippen molar-refractivity contribution in [3.63, 3.8) is 0 Å². The molecule has 0 atom stereocenters. The Kier molecular flexibility index (Phi) is 8.68. The summed E-state index contributed by atoms with van der Waals surface area (Å²) in [4.78, 5) is 2.32. The molecule has 0 amide bonds. The molecule has 4 heteroatoms. The van der Waals surface area contributed by atoms with Crippen molar-refractivity contribution in [2.45, 2.75) is 0 Å². The van der Waals surface area contributed by atoms with E-state index in [0.717, 1.165) is 36.8 Å². The summed E-state index contributed by atoms with van der Waals surface area (Å²) in [6, 6.07) is 0. The standard InChI is InChI=1S/C6H14Br2N2/c7-1-4-10(5-2-8)6-3-9/h1-6,9H2. The van der Waals surface area contributed by atoms with E-state index in [2.05, 4.69) is 36.8 Å². The van der Waals surface area contributed by atoms with E-state index in [1.165, 1.54) is 0 Å². The normalized spacial score (nSPS) is 10.8. The van der Waals surface area contributed by atoms with Gasteiger partial charge >= 0.3 is 0 Å². The van der Waals surface area contributed by atoms with E-state index in [4.69, 9.17) is 5.73 Å². The van der Waals surface area contributed by atoms with Gasteiger partial charge in [0.15, 0.2) is 0 Å². The summed E-state index contributed by atoms with van der Waals surface area (Å²) in [5.41, 5.74) is 5.42. The van der Waals surface area contributed by atoms with E-state index < -0.39 is 0 Å². The van der Waals surface area contributed by atoms with Crippen LogP contribution in [0.5, 0.6) is 0 Å². The zero-order chi connectivity index (χ0) is 7.82. The highest BCUT2D eigenvalue weighted by molar-refractivity contribution is 9.09. The summed E-state index contributed by atoms with van der Waals surface area (Å²) in [7, 11) is 0. The lowest BCUT2D eigenvalue weighted by atomic mass is 10.5. The van der Waals surface area contributed by atoms with E-state index in [9.17, 15) is 0 Å². The van der Waals surface area contributed by atoms with Crippen molar-refractivity contribution in [1.82, 2.24) is 4.90 Å². The van der Waals surface area contributed by atoms with Gasteiger partial charge in [0.25, 0.3) is 0 Å². The molecule has 0 aromatic rings. The monoisotopic (exact) mass is 272 g/mol. The van der Waals surface area contributed by atoms with Gasteiger partial charge in [0, 0.05) is 36.8 Å². The molecule has 0 saturated heterocycles. The molecule has 10 heavy (non-hydrogen) atoms. The second-order valence-corrected chi connectivity index (χ2v) is 3.59. The fraction of sp³-hybridized carbons (Fsp3) is 1.00. The first-order chi connectivity index (χ1) is 4.85. The second kappa shape index (κ2) is 7.98. The smallest absolute Gasteiger partial charge is 0.0159 e. The largest absolute Gasteiger partial charge is 0.329 e. The fourth-order valence-electron chi connectivity index (χ4n) is 0.757. The van der Waals surface area contributed by atoms with Crippen molar-refractivity contribution in [3.8, 4) is 0 Å². The Hall–Kier alpha value is 0.880. The third-order valence-corrected chi connectivity index (χ3v) is 1.96. The molecule has 0 aromatic heterocycles. The summed E-state index contributed by atoms with van der Waals surface area (Å²) >= 11 is 6.78. The molecule has 0 saturated carbocycles. The van der Waals surface area contributed by atoms with Gasteiger partial charge in [0.1, 0.15) is 0 Å². The third-order valence-electron chi connectivity index (χ3n) is 1.25. The minimum atomic E-state index is 0.750. The van der Waals surface area contributed by atoms with Crippen molar-refractivity contribution in [3.05, 3.63) is 0 Å². The van der Waals surface area contributed by atoms with Crippen LogP contribution in [0.15, 0.2) is 0 Å². The summed E-state index contributed by atoms with van der Waals surface area (Å²) in [6.45, 7) is 3.92. The quantitative estimate of drug-likeness (QED) is 0.733. The average Bonchev–Trinajstić information content (AvgIpc) is 1.90. The van der Waals surface area contributed by atoms with E-state index >= 15 is 0 Å². The van der Waals surface area contributed by atoms with Crippen LogP contribution >= 0.6 is 31.9 Å². The maximum Gasteiger partial charge on any atom is 0.0159 e. The molecule has 0 rings (SSSR count). The van der Waals surface area contributed by atoms with Gasteiger partial charge < -0.3 is 10.6 Å². The molecule has 0 aromatic carbocycles. The van der Waals surface area contributed by atoms with Crippen molar-refractivity contribution in [2.75, 3.05) is 36.8 Å². The van der Waals surface area contributed by atoms with Crippen LogP contribution in [-0.2, 0) is 0 Å². The molecule has 0 fully saturated rings. The van der Waals surface area contributed by atoms with Crippen LogP contribution in [0.3, 0.4) is 0 Å². The number of halogens is 2. The van der Waals surface area contributed by atoms with Gasteiger partial charge in [-0.3, -0.25) is 0 Å². The number of hydrogen-bond donors (Lipinski definition) is 1. The number of hydrogen-bond acceptors (Lipinski definition) is 2. The first-order valence-corrected chi connectivity index (χ1v) is 5.63. The Morgan fingerprint density at radius 2 is 1.50 bits per heavy atom. The molecule has 0 aliphatic rings. The lowest BCUT2D eigenvalue weighted by Crippen LogP contribution is -2.32. The van der Waals surface area contributed by atoms with Gasteiger partial charge in [-0.25, -0.2) is 0 Å². The molecule has 2 N–H and O–H groups in total. The number of nitrogens with two attached hydrogens (primary N) is 1. The van der Waals surface area contributed by atoms with Crippen LogP contribution in [0, 0.1) is 0 Å². The van der Waals surface area contributed by atoms with Crippen LogP contribution in [0.25, 0.3) is 0 Å². The Morgan fingerprint density at radius 1 is 1.00 bits per heavy atom. The molecular weight excluding hydrogens is 260 g/mol. The summed E-state index contributed by atoms with van der Waals surface area (Å²) in [5.74, 6) is 0. The highest BCUT2D eigenvalue weighted by atomic mass is 79.9. The van der Waals surface area contributed by atoms with E-state index in [1.54, 1.807) is 0 Å². The molecule has 2 nitrogen and oxygen atoms in total. The van der Waals surface area contributed by atoms with E-state index in [1.807, 2.05) is 0 Å². The average molecular weight is 274 g/mol. The Balaban J connectivity index is 3.30. The SMILES string of the molecule is NCCN(CCBr)CCBr. The Labute approximate surface area is 79.4 Å². The number of nitrogens with zero attached hydrogens (tertiary/aromatic N) is 1. The molecular formula is C6H14Br2N2. The first-order valence-electron chi connectivity index (χ1n) is 3.39. The molecule has 0 radical (unpaired) electrons. The summed E-state index contributed by atoms with van der Waals surface area (Å²) in [5, 5.41) is 2.06. The fourth-order valence-corrected chi connectivity index (χ4v) is 1.76. The van der Waals surface area contributed by atoms with Crippen molar-refractivity contribution in [1.29, 1.82) is 0 Å². The van der Waals surface area contributed by atoms with Crippen LogP contribution in [0.2, 0.25) is 0 Å². The molecule has 0 aliphatic heterocycles. The Morgan fingerprint density at radius 3 is 1.80 bits per heavy atom. The zero-order valence-corrected chi connectivity index (χ0v) is 9.20. The second-order valence-electron chi connectivity index (χ2n) is 2.01. The molecule has 0 spiro atoms. The maximum atomic E-state index is 5.42. The summed E-state index contributed by atoms with van der Waals surface area (Å²) in [6.07, 6.45) is 0. The van der Waals surface area contributed by atoms with Crippen molar-refractivity contribution in [2.24, 2.45) is 5.73 Å². The zero-order valence-electron chi connectivity index (χ0n) is 6.02. The van der Waals surface area contributed by atoms with Gasteiger partial charge in [-0.1, -0.05) is 31.9 Å². The molecule has 0 bridgehead atoms. The van der Waals surface area contributed by atoms with Crippen LogP contribution in [-0.4, -0.2) is 41.7 Å². The van der Waals surface area contributed by atoms with Crippen molar-refractivity contribution < 1.29 is 0 Å². The predicted molar refractivity (Wildman–Crippen MR) is 53.1 cm³/mol. The predicted octanol–water partition coefficient (Wildman–Crippen LogP) is 1.04. The minimum absolute atomic E-state index is 0.750. The van der Waals surface area contributed by atoms with Gasteiger partial charge in [-0.2, -0.15) is 0 Å². The highest BCUT2D eigenvalue weighted by Crippen LogP contribution is 1.92. The van der Waals surface area contributed by atoms with Gasteiger partial charge in [-0.15, -0.1) is 0 Å². The summed E-state index contributed by atoms with van der Waals surface area (Å²) < 4.78 is 0. The maximum absolute atomic E-state index is 5.42. The highest BCUT2D eigenvalue weighted by Gasteiger charge is 1.99. The Bertz CT molecular complexity index is 56.5. The number of alkyl halides is 2. The number of rotatable bonds is 6. The molecule has 62 valence electrons. The van der Waals surface area contributed by atoms with Crippen LogP contribution in [0.4, 0.5) is 0 Å². The lowest BCUT2D eigenvalue weighted by molar-refractivity contribution is 0.319. The van der Waals surface area contributed by atoms with Crippen LogP contribution < -0.4 is 5.73 Å². The van der Waals surface area contributed by atoms with Gasteiger partial charge in [0.05, 0.1) is 0 Å². The van der Waals surface area contributed by atoms with Crippen LogP contribution in [0.1, 0.15) is 0 Å². The molecule has 0 unspecified atom stereocenters. The van der Waals surface area contributed by atoms with E-state index in [-0.39, 0.29) is 0 Å². The first kappa shape index (κ1) is 10.9. The third kappa shape index (κ3) is 5.65. The van der Waals surface area contributed by atoms with E-state index in [0.29, 0.717) is 0 Å². The minimum Gasteiger partial charge on any atom is -0.329 e.